The summed E-state index contributed by atoms with van der Waals surface area (Å²) in [6, 6.07) is -1.09. The molecular formula is C52H85F5N2O16. The van der Waals surface area contributed by atoms with Crippen molar-refractivity contribution < 1.29 is 98.8 Å². The van der Waals surface area contributed by atoms with Crippen LogP contribution in [0.2, 0.25) is 0 Å². The van der Waals surface area contributed by atoms with Crippen LogP contribution in [0.5, 0.6) is 5.75 Å². The lowest BCUT2D eigenvalue weighted by Gasteiger charge is -2.29. The Balaban J connectivity index is 2.06. The number of unbranched alkanes of at least 4 members (excludes halogenated alkanes) is 14. The second kappa shape index (κ2) is 47.1. The molecule has 3 N–H and O–H groups in total. The van der Waals surface area contributed by atoms with Gasteiger partial charge in [0, 0.05) is 32.4 Å². The Morgan fingerprint density at radius 3 is 1.25 bits per heavy atom. The standard InChI is InChI=1S/C52H85F5N2O16/c1-2-3-4-5-6-7-11-14-17-24-59(43(61)18-15-12-9-8-10-13-16-19-44(62)63)41(52(65)66)20-21-42(60)58-23-26-68-28-30-70-32-34-72-36-38-74-40-39-73-37-35-71-33-31-69-29-27-67-25-22-45(64)75-51-49(56)47(54)46(53)48(55)50(51)57/h41H,2-40H2,1H3,(H,58,60)(H,62,63)(H,65,66). The molecule has 0 aliphatic heterocycles. The van der Waals surface area contributed by atoms with E-state index in [9.17, 15) is 51.0 Å². The molecule has 1 atom stereocenters. The number of benzene rings is 1. The van der Waals surface area contributed by atoms with Crippen molar-refractivity contribution in [1.82, 2.24) is 10.2 Å². The average molecular weight is 1090 g/mol. The lowest BCUT2D eigenvalue weighted by molar-refractivity contribution is -0.151. The van der Waals surface area contributed by atoms with Gasteiger partial charge in [-0.3, -0.25) is 19.2 Å². The fraction of sp³-hybridized carbons (Fsp3) is 0.788. The van der Waals surface area contributed by atoms with Crippen molar-refractivity contribution in [2.75, 3.05) is 119 Å². The number of ether oxygens (including phenoxy) is 9. The molecule has 0 fully saturated rings. The lowest BCUT2D eigenvalue weighted by Crippen LogP contribution is -2.46. The molecule has 1 aromatic carbocycles. The predicted molar refractivity (Wildman–Crippen MR) is 265 cm³/mol. The fourth-order valence-electron chi connectivity index (χ4n) is 7.29. The number of hydrogen-bond acceptors (Lipinski definition) is 14. The van der Waals surface area contributed by atoms with E-state index >= 15 is 0 Å². The van der Waals surface area contributed by atoms with E-state index in [1.54, 1.807) is 0 Å². The Kier molecular flexibility index (Phi) is 43.3. The first-order valence-electron chi connectivity index (χ1n) is 26.7. The van der Waals surface area contributed by atoms with Crippen LogP contribution in [0.15, 0.2) is 0 Å². The van der Waals surface area contributed by atoms with Crippen LogP contribution in [-0.4, -0.2) is 170 Å². The number of halogens is 5. The predicted octanol–water partition coefficient (Wildman–Crippen LogP) is 8.11. The molecule has 2 amide bonds. The monoisotopic (exact) mass is 1090 g/mol. The van der Waals surface area contributed by atoms with Crippen molar-refractivity contribution in [1.29, 1.82) is 0 Å². The normalized spacial score (nSPS) is 11.8. The number of aliphatic carboxylic acids is 2. The molecule has 0 saturated carbocycles. The van der Waals surface area contributed by atoms with Crippen LogP contribution in [0.1, 0.15) is 142 Å². The number of hydrogen-bond donors (Lipinski definition) is 3. The van der Waals surface area contributed by atoms with Gasteiger partial charge in [-0.2, -0.15) is 8.78 Å². The van der Waals surface area contributed by atoms with Crippen LogP contribution in [0.4, 0.5) is 22.0 Å². The molecule has 0 bridgehead atoms. The summed E-state index contributed by atoms with van der Waals surface area (Å²) >= 11 is 0. The van der Waals surface area contributed by atoms with Gasteiger partial charge in [-0.15, -0.1) is 0 Å². The summed E-state index contributed by atoms with van der Waals surface area (Å²) in [6.07, 6.45) is 15.6. The third-order valence-corrected chi connectivity index (χ3v) is 11.4. The summed E-state index contributed by atoms with van der Waals surface area (Å²) in [4.78, 5) is 62.4. The topological polar surface area (TPSA) is 224 Å². The second-order valence-electron chi connectivity index (χ2n) is 17.5. The zero-order valence-electron chi connectivity index (χ0n) is 44.1. The maximum Gasteiger partial charge on any atom is 0.326 e. The smallest absolute Gasteiger partial charge is 0.326 e. The maximum atomic E-state index is 13.6. The molecule has 0 radical (unpaired) electrons. The van der Waals surface area contributed by atoms with Gasteiger partial charge >= 0.3 is 17.9 Å². The molecule has 23 heteroatoms. The summed E-state index contributed by atoms with van der Waals surface area (Å²) in [5.74, 6) is -16.7. The van der Waals surface area contributed by atoms with Crippen LogP contribution in [-0.2, 0) is 61.9 Å². The summed E-state index contributed by atoms with van der Waals surface area (Å²) in [6.45, 7) is 6.94. The van der Waals surface area contributed by atoms with Crippen LogP contribution in [0.3, 0.4) is 0 Å². The first-order chi connectivity index (χ1) is 36.3. The molecule has 0 saturated heterocycles. The van der Waals surface area contributed by atoms with Crippen LogP contribution in [0, 0.1) is 29.1 Å². The Morgan fingerprint density at radius 2 is 0.827 bits per heavy atom. The lowest BCUT2D eigenvalue weighted by atomic mass is 10.0. The summed E-state index contributed by atoms with van der Waals surface area (Å²) < 4.78 is 114. The Labute approximate surface area is 439 Å². The van der Waals surface area contributed by atoms with E-state index in [-0.39, 0.29) is 83.7 Å². The Hall–Kier alpha value is -4.10. The molecule has 0 aromatic heterocycles. The minimum absolute atomic E-state index is 0.00994. The molecule has 0 aliphatic carbocycles. The number of carbonyl (C=O) groups excluding carboxylic acids is 3. The number of carboxylic acid groups (broad SMARTS) is 2. The number of carbonyl (C=O) groups is 5. The highest BCUT2D eigenvalue weighted by Gasteiger charge is 2.30. The largest absolute Gasteiger partial charge is 0.481 e. The van der Waals surface area contributed by atoms with Crippen LogP contribution in [0.25, 0.3) is 0 Å². The van der Waals surface area contributed by atoms with Gasteiger partial charge in [-0.25, -0.2) is 18.0 Å². The third kappa shape index (κ3) is 36.5. The Morgan fingerprint density at radius 1 is 0.453 bits per heavy atom. The number of amides is 2. The number of nitrogens with one attached hydrogen (secondary N) is 1. The highest BCUT2D eigenvalue weighted by Crippen LogP contribution is 2.29. The second-order valence-corrected chi connectivity index (χ2v) is 17.5. The van der Waals surface area contributed by atoms with Crippen molar-refractivity contribution in [3.8, 4) is 5.75 Å². The van der Waals surface area contributed by atoms with E-state index in [4.69, 9.17) is 43.0 Å². The van der Waals surface area contributed by atoms with Gasteiger partial charge < -0.3 is 63.1 Å². The number of rotatable bonds is 53. The molecular weight excluding hydrogens is 1000 g/mol. The quantitative estimate of drug-likeness (QED) is 0.0140. The number of carboxylic acids is 2. The SMILES string of the molecule is CCCCCCCCCCCN(C(=O)CCCCCCCCCC(=O)O)C(CCC(=O)NCCOCCOCCOCCOCCOCCOCCOCCOCCC(=O)Oc1c(F)c(F)c(F)c(F)c1F)C(=O)O. The molecule has 0 heterocycles. The van der Waals surface area contributed by atoms with Gasteiger partial charge in [0.1, 0.15) is 6.04 Å². The Bertz CT molecular complexity index is 1660. The van der Waals surface area contributed by atoms with Crippen molar-refractivity contribution in [3.05, 3.63) is 29.1 Å². The first kappa shape index (κ1) is 68.9. The highest BCUT2D eigenvalue weighted by molar-refractivity contribution is 5.84. The van der Waals surface area contributed by atoms with E-state index in [1.165, 1.54) is 37.0 Å². The average Bonchev–Trinajstić information content (AvgIpc) is 3.38. The van der Waals surface area contributed by atoms with Gasteiger partial charge in [-0.05, 0) is 25.7 Å². The van der Waals surface area contributed by atoms with E-state index in [2.05, 4.69) is 17.0 Å². The zero-order valence-corrected chi connectivity index (χ0v) is 44.1. The van der Waals surface area contributed by atoms with Crippen molar-refractivity contribution >= 4 is 29.7 Å². The van der Waals surface area contributed by atoms with Gasteiger partial charge in [0.25, 0.3) is 0 Å². The molecule has 1 rings (SSSR count). The van der Waals surface area contributed by atoms with Gasteiger partial charge in [0.05, 0.1) is 112 Å². The summed E-state index contributed by atoms with van der Waals surface area (Å²) in [7, 11) is 0. The van der Waals surface area contributed by atoms with E-state index in [0.29, 0.717) is 91.9 Å². The molecule has 0 spiro atoms. The van der Waals surface area contributed by atoms with Crippen molar-refractivity contribution in [2.24, 2.45) is 0 Å². The summed E-state index contributed by atoms with van der Waals surface area (Å²) in [5, 5.41) is 21.7. The zero-order chi connectivity index (χ0) is 55.2. The van der Waals surface area contributed by atoms with E-state index in [0.717, 1.165) is 51.4 Å². The van der Waals surface area contributed by atoms with Crippen molar-refractivity contribution in [3.63, 3.8) is 0 Å². The third-order valence-electron chi connectivity index (χ3n) is 11.4. The minimum Gasteiger partial charge on any atom is -0.481 e. The van der Waals surface area contributed by atoms with Crippen molar-refractivity contribution in [2.45, 2.75) is 148 Å². The molecule has 1 unspecified atom stereocenters. The van der Waals surface area contributed by atoms with Gasteiger partial charge in [0.15, 0.2) is 0 Å². The molecule has 434 valence electrons. The van der Waals surface area contributed by atoms with Gasteiger partial charge in [-0.1, -0.05) is 90.4 Å². The minimum atomic E-state index is -2.36. The van der Waals surface area contributed by atoms with E-state index < -0.39 is 65.2 Å². The molecule has 75 heavy (non-hydrogen) atoms. The molecule has 18 nitrogen and oxygen atoms in total. The van der Waals surface area contributed by atoms with Crippen LogP contribution < -0.4 is 10.1 Å². The van der Waals surface area contributed by atoms with E-state index in [1.807, 2.05) is 0 Å². The molecule has 0 aliphatic rings. The molecule has 1 aromatic rings. The summed E-state index contributed by atoms with van der Waals surface area (Å²) in [5.41, 5.74) is 0. The fourth-order valence-corrected chi connectivity index (χ4v) is 7.29. The first-order valence-corrected chi connectivity index (χ1v) is 26.7. The maximum absolute atomic E-state index is 13.6. The van der Waals surface area contributed by atoms with Crippen LogP contribution >= 0.6 is 0 Å². The van der Waals surface area contributed by atoms with Gasteiger partial charge in [0.2, 0.25) is 46.6 Å². The number of nitrogens with zero attached hydrogens (tertiary/aromatic N) is 1. The number of esters is 1. The highest BCUT2D eigenvalue weighted by atomic mass is 19.2.